The summed E-state index contributed by atoms with van der Waals surface area (Å²) in [5.74, 6) is -0.262. The molecular weight excluding hydrogens is 416 g/mol. The van der Waals surface area contributed by atoms with Gasteiger partial charge in [0, 0.05) is 23.7 Å². The van der Waals surface area contributed by atoms with Crippen LogP contribution in [0.5, 0.6) is 0 Å². The zero-order chi connectivity index (χ0) is 24.0. The van der Waals surface area contributed by atoms with E-state index in [1.165, 1.54) is 18.1 Å². The molecule has 8 atom stereocenters. The minimum atomic E-state index is -0.892. The molecule has 0 bridgehead atoms. The van der Waals surface area contributed by atoms with Crippen molar-refractivity contribution in [2.45, 2.75) is 78.9 Å². The Labute approximate surface area is 196 Å². The van der Waals surface area contributed by atoms with Gasteiger partial charge >= 0.3 is 5.97 Å². The van der Waals surface area contributed by atoms with Gasteiger partial charge in [-0.05, 0) is 59.6 Å². The molecule has 0 amide bonds. The van der Waals surface area contributed by atoms with Crippen LogP contribution in [0, 0.1) is 33.5 Å². The molecular formula is C28H36O5. The maximum atomic E-state index is 13.0. The summed E-state index contributed by atoms with van der Waals surface area (Å²) in [4.78, 5) is 25.2. The van der Waals surface area contributed by atoms with Gasteiger partial charge in [0.25, 0.3) is 0 Å². The van der Waals surface area contributed by atoms with Crippen molar-refractivity contribution in [3.63, 3.8) is 0 Å². The van der Waals surface area contributed by atoms with Crippen molar-refractivity contribution in [3.8, 4) is 0 Å². The van der Waals surface area contributed by atoms with E-state index in [9.17, 15) is 14.7 Å². The Morgan fingerprint density at radius 2 is 1.94 bits per heavy atom. The van der Waals surface area contributed by atoms with Crippen LogP contribution in [0.2, 0.25) is 0 Å². The fraction of sp³-hybridized carbons (Fsp3) is 0.643. The summed E-state index contributed by atoms with van der Waals surface area (Å²) in [5, 5.41) is 12.1. The van der Waals surface area contributed by atoms with Gasteiger partial charge in [-0.1, -0.05) is 52.3 Å². The van der Waals surface area contributed by atoms with Gasteiger partial charge in [-0.15, -0.1) is 0 Å². The lowest BCUT2D eigenvalue weighted by Crippen LogP contribution is -2.70. The Morgan fingerprint density at radius 3 is 2.58 bits per heavy atom. The Hall–Kier alpha value is -2.14. The number of esters is 1. The number of carbonyl (C=O) groups is 2. The summed E-state index contributed by atoms with van der Waals surface area (Å²) in [6, 6.07) is 2.05. The van der Waals surface area contributed by atoms with Gasteiger partial charge in [0.15, 0.2) is 5.78 Å². The van der Waals surface area contributed by atoms with Gasteiger partial charge in [0.05, 0.1) is 12.5 Å². The summed E-state index contributed by atoms with van der Waals surface area (Å²) >= 11 is 0. The number of rotatable bonds is 2. The Kier molecular flexibility index (Phi) is 4.76. The number of hydrogen-bond acceptors (Lipinski definition) is 5. The van der Waals surface area contributed by atoms with E-state index in [-0.39, 0.29) is 28.4 Å². The molecule has 178 valence electrons. The van der Waals surface area contributed by atoms with Crippen LogP contribution in [0.4, 0.5) is 0 Å². The van der Waals surface area contributed by atoms with Crippen molar-refractivity contribution in [2.75, 3.05) is 0 Å². The third-order valence-electron chi connectivity index (χ3n) is 10.1. The van der Waals surface area contributed by atoms with Crippen LogP contribution in [-0.4, -0.2) is 29.1 Å². The van der Waals surface area contributed by atoms with Gasteiger partial charge in [-0.2, -0.15) is 0 Å². The first-order chi connectivity index (χ1) is 15.4. The van der Waals surface area contributed by atoms with Crippen molar-refractivity contribution in [1.82, 2.24) is 0 Å². The van der Waals surface area contributed by atoms with Crippen molar-refractivity contribution in [1.29, 1.82) is 0 Å². The smallest absolute Gasteiger partial charge is 0.303 e. The average Bonchev–Trinajstić information content (AvgIpc) is 3.36. The van der Waals surface area contributed by atoms with Crippen LogP contribution >= 0.6 is 0 Å². The van der Waals surface area contributed by atoms with Gasteiger partial charge in [-0.3, -0.25) is 9.59 Å². The Morgan fingerprint density at radius 1 is 1.21 bits per heavy atom. The monoisotopic (exact) mass is 452 g/mol. The maximum absolute atomic E-state index is 13.0. The molecule has 4 aliphatic rings. The molecule has 0 spiro atoms. The van der Waals surface area contributed by atoms with Crippen LogP contribution < -0.4 is 0 Å². The van der Waals surface area contributed by atoms with Crippen molar-refractivity contribution >= 4 is 11.8 Å². The summed E-state index contributed by atoms with van der Waals surface area (Å²) < 4.78 is 11.3. The normalized spacial score (nSPS) is 45.6. The predicted octanol–water partition coefficient (Wildman–Crippen LogP) is 5.21. The largest absolute Gasteiger partial charge is 0.472 e. The minimum Gasteiger partial charge on any atom is -0.472 e. The SMILES string of the molecule is CC(=O)OC1C2C(C)(C)C(=O)C=CC2(C)C2CCC3(C)C(=CCC3c3ccoc3)C2(C)C1O. The molecule has 33 heavy (non-hydrogen) atoms. The van der Waals surface area contributed by atoms with Crippen LogP contribution in [0.15, 0.2) is 46.8 Å². The van der Waals surface area contributed by atoms with Gasteiger partial charge in [-0.25, -0.2) is 0 Å². The van der Waals surface area contributed by atoms with Crippen LogP contribution in [0.1, 0.15) is 72.3 Å². The number of furan rings is 1. The van der Waals surface area contributed by atoms with Gasteiger partial charge in [0.2, 0.25) is 0 Å². The molecule has 1 N–H and O–H groups in total. The second-order valence-corrected chi connectivity index (χ2v) is 12.0. The summed E-state index contributed by atoms with van der Waals surface area (Å²) in [5.41, 5.74) is 0.657. The second kappa shape index (κ2) is 6.94. The highest BCUT2D eigenvalue weighted by Crippen LogP contribution is 2.72. The molecule has 2 fully saturated rings. The molecule has 0 aromatic carbocycles. The number of hydrogen-bond donors (Lipinski definition) is 1. The van der Waals surface area contributed by atoms with Gasteiger partial charge < -0.3 is 14.3 Å². The van der Waals surface area contributed by atoms with Crippen molar-refractivity contribution in [3.05, 3.63) is 48.0 Å². The fourth-order valence-corrected chi connectivity index (χ4v) is 8.74. The first kappa shape index (κ1) is 22.6. The molecule has 1 aromatic heterocycles. The van der Waals surface area contributed by atoms with E-state index < -0.39 is 29.0 Å². The number of ketones is 1. The van der Waals surface area contributed by atoms with E-state index in [1.807, 2.05) is 20.1 Å². The minimum absolute atomic E-state index is 0.0266. The molecule has 0 aliphatic heterocycles. The highest BCUT2D eigenvalue weighted by molar-refractivity contribution is 5.96. The zero-order valence-corrected chi connectivity index (χ0v) is 20.6. The van der Waals surface area contributed by atoms with Crippen LogP contribution in [0.25, 0.3) is 0 Å². The number of carbonyl (C=O) groups excluding carboxylic acids is 2. The van der Waals surface area contributed by atoms with E-state index in [2.05, 4.69) is 39.0 Å². The average molecular weight is 453 g/mol. The third kappa shape index (κ3) is 2.75. The lowest BCUT2D eigenvalue weighted by Gasteiger charge is -2.67. The molecule has 5 heteroatoms. The molecule has 5 nitrogen and oxygen atoms in total. The highest BCUT2D eigenvalue weighted by Gasteiger charge is 2.71. The quantitative estimate of drug-likeness (QED) is 0.492. The molecule has 2 saturated carbocycles. The molecule has 4 aliphatic carbocycles. The molecule has 8 unspecified atom stereocenters. The Bertz CT molecular complexity index is 1050. The topological polar surface area (TPSA) is 76.7 Å². The zero-order valence-electron chi connectivity index (χ0n) is 20.6. The molecule has 5 rings (SSSR count). The summed E-state index contributed by atoms with van der Waals surface area (Å²) in [7, 11) is 0. The number of aliphatic hydroxyl groups is 1. The van der Waals surface area contributed by atoms with Crippen LogP contribution in [0.3, 0.4) is 0 Å². The highest BCUT2D eigenvalue weighted by atomic mass is 16.6. The van der Waals surface area contributed by atoms with Crippen molar-refractivity contribution in [2.24, 2.45) is 33.5 Å². The molecule has 0 radical (unpaired) electrons. The maximum Gasteiger partial charge on any atom is 0.303 e. The molecule has 1 aromatic rings. The number of fused-ring (bicyclic) bond motifs is 5. The third-order valence-corrected chi connectivity index (χ3v) is 10.1. The Balaban J connectivity index is 1.67. The number of allylic oxidation sites excluding steroid dienone is 3. The van der Waals surface area contributed by atoms with E-state index in [1.54, 1.807) is 12.3 Å². The van der Waals surface area contributed by atoms with E-state index >= 15 is 0 Å². The summed E-state index contributed by atoms with van der Waals surface area (Å²) in [6.07, 6.45) is 10.9. The van der Waals surface area contributed by atoms with Crippen molar-refractivity contribution < 1.29 is 23.8 Å². The number of ether oxygens (including phenoxy) is 1. The van der Waals surface area contributed by atoms with Gasteiger partial charge in [0.1, 0.15) is 12.2 Å². The first-order valence-corrected chi connectivity index (χ1v) is 12.2. The van der Waals surface area contributed by atoms with E-state index in [0.717, 1.165) is 19.3 Å². The first-order valence-electron chi connectivity index (χ1n) is 12.2. The summed E-state index contributed by atoms with van der Waals surface area (Å²) in [6.45, 7) is 11.9. The van der Waals surface area contributed by atoms with E-state index in [4.69, 9.17) is 9.15 Å². The van der Waals surface area contributed by atoms with Crippen LogP contribution in [-0.2, 0) is 14.3 Å². The lowest BCUT2D eigenvalue weighted by molar-refractivity contribution is -0.228. The number of aliphatic hydroxyl groups excluding tert-OH is 1. The lowest BCUT2D eigenvalue weighted by atomic mass is 9.38. The predicted molar refractivity (Wildman–Crippen MR) is 124 cm³/mol. The van der Waals surface area contributed by atoms with E-state index in [0.29, 0.717) is 5.92 Å². The second-order valence-electron chi connectivity index (χ2n) is 12.0. The standard InChI is InChI=1S/C28H36O5/c1-16(29)33-22-23-25(2,3)21(30)10-13-27(23,5)20-9-12-26(4)18(17-11-14-32-15-17)7-8-19(26)28(20,6)24(22)31/h8,10-11,13-15,18,20,22-24,31H,7,9,12H2,1-6H3. The molecule has 1 heterocycles. The molecule has 0 saturated heterocycles. The fourth-order valence-electron chi connectivity index (χ4n) is 8.74.